The highest BCUT2D eigenvalue weighted by Crippen LogP contribution is 2.00. The van der Waals surface area contributed by atoms with Crippen LogP contribution < -0.4 is 0 Å². The van der Waals surface area contributed by atoms with Crippen LogP contribution in [0, 0.1) is 11.5 Å². The second-order valence-electron chi connectivity index (χ2n) is 1.88. The van der Waals surface area contributed by atoms with Crippen molar-refractivity contribution in [3.8, 4) is 6.19 Å². The van der Waals surface area contributed by atoms with Gasteiger partial charge in [-0.1, -0.05) is 0 Å². The Morgan fingerprint density at radius 1 is 1.78 bits per heavy atom. The van der Waals surface area contributed by atoms with Crippen molar-refractivity contribution in [1.82, 2.24) is 0 Å². The molecular weight excluding hydrogens is 156 g/mol. The third kappa shape index (κ3) is 2.54. The Bertz CT molecular complexity index is 209. The number of nitrogens with zero attached hydrogens (tertiary/aromatic N) is 2. The molecule has 3 nitrogen and oxygen atoms in total. The molecule has 0 amide bonds. The summed E-state index contributed by atoms with van der Waals surface area (Å²) in [5.74, 6) is 0. The summed E-state index contributed by atoms with van der Waals surface area (Å²) in [6.45, 7) is 0. The van der Waals surface area contributed by atoms with Gasteiger partial charge in [0.25, 0.3) is 0 Å². The molecule has 9 heavy (non-hydrogen) atoms. The van der Waals surface area contributed by atoms with Crippen molar-refractivity contribution < 1.29 is 5.11 Å². The van der Waals surface area contributed by atoms with Gasteiger partial charge in [0.1, 0.15) is 0 Å². The Balaban J connectivity index is 4.63. The molecule has 0 spiro atoms. The molecule has 0 aromatic carbocycles. The van der Waals surface area contributed by atoms with Crippen molar-refractivity contribution in [3.05, 3.63) is 0 Å². The summed E-state index contributed by atoms with van der Waals surface area (Å²) in [7, 11) is -1.96. The molecule has 0 rings (SSSR count). The monoisotopic (exact) mass is 164 g/mol. The lowest BCUT2D eigenvalue weighted by molar-refractivity contribution is 0.584. The van der Waals surface area contributed by atoms with E-state index >= 15 is 0 Å². The van der Waals surface area contributed by atoms with Crippen molar-refractivity contribution in [1.29, 1.82) is 5.26 Å². The number of aliphatic hydroxyl groups excluding tert-OH is 1. The van der Waals surface area contributed by atoms with Gasteiger partial charge >= 0.3 is 0 Å². The Labute approximate surface area is 60.4 Å². The lowest BCUT2D eigenvalue weighted by atomic mass is 11.5. The number of thiocarbonyl (C=S) groups is 1. The number of thiol groups is 1. The van der Waals surface area contributed by atoms with Gasteiger partial charge < -0.3 is 5.11 Å². The molecular formula is C4H8N2OS2. The molecule has 0 heterocycles. The number of rotatable bonds is 0. The summed E-state index contributed by atoms with van der Waals surface area (Å²) in [6.07, 6.45) is 4.97. The van der Waals surface area contributed by atoms with Crippen LogP contribution in [0.5, 0.6) is 0 Å². The van der Waals surface area contributed by atoms with Crippen LogP contribution in [0.2, 0.25) is 0 Å². The Morgan fingerprint density at radius 2 is 2.22 bits per heavy atom. The summed E-state index contributed by atoms with van der Waals surface area (Å²) in [5, 5.41) is 16.8. The molecule has 0 saturated heterocycles. The van der Waals surface area contributed by atoms with Crippen LogP contribution in [0.1, 0.15) is 0 Å². The molecule has 0 aliphatic carbocycles. The van der Waals surface area contributed by atoms with Crippen LogP contribution >= 0.6 is 12.2 Å². The molecule has 0 atom stereocenters. The normalized spacial score (nSPS) is 11.7. The van der Waals surface area contributed by atoms with E-state index in [9.17, 15) is 0 Å². The zero-order valence-corrected chi connectivity index (χ0v) is 6.91. The van der Waals surface area contributed by atoms with E-state index < -0.39 is 9.82 Å². The Morgan fingerprint density at radius 3 is 2.33 bits per heavy atom. The first-order chi connectivity index (χ1) is 4.00. The predicted octanol–water partition coefficient (Wildman–Crippen LogP) is 0.640. The van der Waals surface area contributed by atoms with E-state index in [0.717, 1.165) is 0 Å². The quantitative estimate of drug-likeness (QED) is 0.314. The van der Waals surface area contributed by atoms with Gasteiger partial charge in [0.05, 0.1) is 0 Å². The van der Waals surface area contributed by atoms with Crippen molar-refractivity contribution in [2.75, 3.05) is 12.5 Å². The molecule has 0 fully saturated rings. The van der Waals surface area contributed by atoms with E-state index in [1.807, 2.05) is 0 Å². The van der Waals surface area contributed by atoms with Crippen LogP contribution in [-0.4, -0.2) is 22.0 Å². The third-order valence-electron chi connectivity index (χ3n) is 0.763. The molecule has 5 heteroatoms. The summed E-state index contributed by atoms with van der Waals surface area (Å²) in [4.78, 5) is 0. The minimum Gasteiger partial charge on any atom is -0.495 e. The number of aliphatic hydroxyl groups is 1. The third-order valence-corrected chi connectivity index (χ3v) is 3.63. The lowest BCUT2D eigenvalue weighted by Gasteiger charge is -2.11. The van der Waals surface area contributed by atoms with E-state index in [0.29, 0.717) is 0 Å². The van der Waals surface area contributed by atoms with Gasteiger partial charge in [-0.2, -0.15) is 9.62 Å². The molecule has 52 valence electrons. The molecule has 0 aliphatic rings. The van der Waals surface area contributed by atoms with E-state index in [1.165, 1.54) is 0 Å². The van der Waals surface area contributed by atoms with E-state index in [2.05, 4.69) is 16.6 Å². The minimum atomic E-state index is -1.96. The molecule has 0 radical (unpaired) electrons. The zero-order chi connectivity index (χ0) is 7.49. The standard InChI is InChI=1S/C4H8N2OS2/c1-9(2,4(7)8)6-3-5/h9H,1-2H3,(H,7,8). The predicted molar refractivity (Wildman–Crippen MR) is 43.9 cm³/mol. The van der Waals surface area contributed by atoms with E-state index in [1.54, 1.807) is 18.7 Å². The average Bonchev–Trinajstić information content (AvgIpc) is 1.65. The van der Waals surface area contributed by atoms with Gasteiger partial charge in [0.2, 0.25) is 10.6 Å². The molecule has 1 N–H and O–H groups in total. The first kappa shape index (κ1) is 8.53. The molecule has 0 saturated carbocycles. The number of hydrogen-bond acceptors (Lipinski definition) is 3. The topological polar surface area (TPSA) is 56.4 Å². The van der Waals surface area contributed by atoms with Crippen molar-refractivity contribution in [3.63, 3.8) is 0 Å². The van der Waals surface area contributed by atoms with Crippen LogP contribution in [0.25, 0.3) is 0 Å². The van der Waals surface area contributed by atoms with Gasteiger partial charge in [0.15, 0.2) is 0 Å². The first-order valence-corrected chi connectivity index (χ1v) is 5.24. The van der Waals surface area contributed by atoms with Crippen LogP contribution in [0.15, 0.2) is 4.36 Å². The Kier molecular flexibility index (Phi) is 2.74. The molecule has 0 aliphatic heterocycles. The first-order valence-electron chi connectivity index (χ1n) is 2.19. The van der Waals surface area contributed by atoms with Crippen molar-refractivity contribution in [2.24, 2.45) is 4.36 Å². The highest BCUT2D eigenvalue weighted by Gasteiger charge is 2.03. The maximum Gasteiger partial charge on any atom is 0.211 e. The van der Waals surface area contributed by atoms with Crippen molar-refractivity contribution in [2.45, 2.75) is 0 Å². The van der Waals surface area contributed by atoms with E-state index in [4.69, 9.17) is 10.4 Å². The Hall–Kier alpha value is -0.470. The fraction of sp³-hybridized carbons (Fsp3) is 0.500. The van der Waals surface area contributed by atoms with Gasteiger partial charge in [-0.25, -0.2) is 0 Å². The van der Waals surface area contributed by atoms with Crippen LogP contribution in [-0.2, 0) is 9.82 Å². The number of nitriles is 1. The highest BCUT2D eigenvalue weighted by atomic mass is 32.3. The fourth-order valence-electron chi connectivity index (χ4n) is 0.155. The summed E-state index contributed by atoms with van der Waals surface area (Å²) >= 11 is 4.46. The maximum atomic E-state index is 8.75. The molecule has 0 aromatic rings. The minimum absolute atomic E-state index is 0.149. The smallest absolute Gasteiger partial charge is 0.211 e. The van der Waals surface area contributed by atoms with Gasteiger partial charge in [-0.05, 0) is 24.7 Å². The lowest BCUT2D eigenvalue weighted by Crippen LogP contribution is -2.16. The van der Waals surface area contributed by atoms with Gasteiger partial charge in [0, 0.05) is 0 Å². The fourth-order valence-corrected chi connectivity index (χ4v) is 0.586. The second-order valence-corrected chi connectivity index (χ2v) is 5.98. The maximum absolute atomic E-state index is 8.75. The van der Waals surface area contributed by atoms with Gasteiger partial charge in [-0.3, -0.25) is 0 Å². The summed E-state index contributed by atoms with van der Waals surface area (Å²) < 4.78 is 3.33. The highest BCUT2D eigenvalue weighted by molar-refractivity contribution is 8.25. The number of hydrogen-bond donors (Lipinski definition) is 2. The summed E-state index contributed by atoms with van der Waals surface area (Å²) in [5.41, 5.74) is 0. The van der Waals surface area contributed by atoms with Crippen LogP contribution in [0.3, 0.4) is 0 Å². The molecule has 0 aromatic heterocycles. The molecule has 0 unspecified atom stereocenters. The SMILES string of the molecule is C[SH](C)(=NC#N)C(O)=S. The summed E-state index contributed by atoms with van der Waals surface area (Å²) in [6, 6.07) is 0. The zero-order valence-electron chi connectivity index (χ0n) is 5.20. The average molecular weight is 164 g/mol. The van der Waals surface area contributed by atoms with Gasteiger partial charge in [-0.15, -0.1) is 9.82 Å². The van der Waals surface area contributed by atoms with Crippen molar-refractivity contribution >= 4 is 26.4 Å². The largest absolute Gasteiger partial charge is 0.495 e. The van der Waals surface area contributed by atoms with E-state index in [-0.39, 0.29) is 4.38 Å². The second kappa shape index (κ2) is 2.90. The van der Waals surface area contributed by atoms with Crippen LogP contribution in [0.4, 0.5) is 0 Å². The molecule has 0 bridgehead atoms.